The van der Waals surface area contributed by atoms with Crippen molar-refractivity contribution in [3.63, 3.8) is 0 Å². The Bertz CT molecular complexity index is 970. The summed E-state index contributed by atoms with van der Waals surface area (Å²) < 4.78 is 26.6. The van der Waals surface area contributed by atoms with Gasteiger partial charge in [-0.2, -0.15) is 0 Å². The number of rotatable bonds is 8. The lowest BCUT2D eigenvalue weighted by molar-refractivity contribution is 0.531. The van der Waals surface area contributed by atoms with Gasteiger partial charge in [-0.15, -0.1) is 10.2 Å². The lowest BCUT2D eigenvalue weighted by Crippen LogP contribution is -2.22. The fourth-order valence-electron chi connectivity index (χ4n) is 2.99. The summed E-state index contributed by atoms with van der Waals surface area (Å²) in [5.41, 5.74) is 8.57. The molecule has 0 aliphatic carbocycles. The molecule has 0 saturated carbocycles. The van der Waals surface area contributed by atoms with E-state index in [2.05, 4.69) is 10.2 Å². The normalized spacial score (nSPS) is 12.8. The zero-order valence-electron chi connectivity index (χ0n) is 15.3. The quantitative estimate of drug-likeness (QED) is 0.644. The van der Waals surface area contributed by atoms with Crippen LogP contribution in [0.4, 0.5) is 0 Å². The van der Waals surface area contributed by atoms with Crippen molar-refractivity contribution in [2.45, 2.75) is 37.5 Å². The molecule has 0 saturated heterocycles. The van der Waals surface area contributed by atoms with Crippen LogP contribution in [0.2, 0.25) is 0 Å². The Labute approximate surface area is 160 Å². The molecule has 0 radical (unpaired) electrons. The molecule has 0 fully saturated rings. The Kier molecular flexibility index (Phi) is 6.03. The van der Waals surface area contributed by atoms with E-state index in [0.29, 0.717) is 25.2 Å². The molecule has 0 bridgehead atoms. The first kappa shape index (κ1) is 19.3. The first-order valence-electron chi connectivity index (χ1n) is 9.00. The van der Waals surface area contributed by atoms with Crippen LogP contribution in [0, 0.1) is 0 Å². The summed E-state index contributed by atoms with van der Waals surface area (Å²) in [4.78, 5) is 0. The van der Waals surface area contributed by atoms with Gasteiger partial charge in [-0.3, -0.25) is 0 Å². The molecular weight excluding hydrogens is 360 g/mol. The van der Waals surface area contributed by atoms with E-state index in [9.17, 15) is 8.42 Å². The third-order valence-corrected chi connectivity index (χ3v) is 6.12. The Balaban J connectivity index is 1.90. The highest BCUT2D eigenvalue weighted by Crippen LogP contribution is 2.19. The summed E-state index contributed by atoms with van der Waals surface area (Å²) in [6.07, 6.45) is 1.24. The largest absolute Gasteiger partial charge is 0.321 e. The Morgan fingerprint density at radius 3 is 2.15 bits per heavy atom. The number of nitrogens with two attached hydrogens (primary N) is 1. The molecule has 1 heterocycles. The fraction of sp³-hybridized carbons (Fsp3) is 0.300. The second kappa shape index (κ2) is 8.45. The third kappa shape index (κ3) is 4.61. The Hall–Kier alpha value is -2.51. The Morgan fingerprint density at radius 1 is 0.963 bits per heavy atom. The van der Waals surface area contributed by atoms with Gasteiger partial charge >= 0.3 is 0 Å². The molecule has 3 rings (SSSR count). The molecule has 6 nitrogen and oxygen atoms in total. The molecular formula is C20H24N4O2S. The van der Waals surface area contributed by atoms with Crippen molar-refractivity contribution in [1.29, 1.82) is 0 Å². The molecule has 7 heteroatoms. The van der Waals surface area contributed by atoms with Crippen molar-refractivity contribution in [2.24, 2.45) is 5.73 Å². The van der Waals surface area contributed by atoms with Gasteiger partial charge in [0.1, 0.15) is 0 Å². The molecule has 0 spiro atoms. The van der Waals surface area contributed by atoms with E-state index < -0.39 is 15.9 Å². The van der Waals surface area contributed by atoms with E-state index in [0.717, 1.165) is 11.1 Å². The van der Waals surface area contributed by atoms with Crippen LogP contribution in [-0.2, 0) is 29.2 Å². The molecule has 3 aromatic rings. The average molecular weight is 385 g/mol. The summed E-state index contributed by atoms with van der Waals surface area (Å²) >= 11 is 0. The smallest absolute Gasteiger partial charge is 0.249 e. The first-order chi connectivity index (χ1) is 13.0. The van der Waals surface area contributed by atoms with E-state index in [1.54, 1.807) is 11.5 Å². The van der Waals surface area contributed by atoms with Crippen LogP contribution in [0.25, 0.3) is 0 Å². The summed E-state index contributed by atoms with van der Waals surface area (Å²) in [7, 11) is -3.48. The zero-order valence-corrected chi connectivity index (χ0v) is 16.1. The van der Waals surface area contributed by atoms with Crippen molar-refractivity contribution in [3.8, 4) is 0 Å². The van der Waals surface area contributed by atoms with Crippen molar-refractivity contribution < 1.29 is 8.42 Å². The number of benzene rings is 2. The van der Waals surface area contributed by atoms with Crippen molar-refractivity contribution >= 4 is 9.84 Å². The Morgan fingerprint density at radius 2 is 1.56 bits per heavy atom. The molecule has 0 aliphatic rings. The third-order valence-electron chi connectivity index (χ3n) is 4.50. The zero-order chi connectivity index (χ0) is 19.3. The predicted molar refractivity (Wildman–Crippen MR) is 105 cm³/mol. The molecule has 1 aromatic heterocycles. The van der Waals surface area contributed by atoms with Gasteiger partial charge in [0.15, 0.2) is 5.82 Å². The van der Waals surface area contributed by atoms with Crippen molar-refractivity contribution in [1.82, 2.24) is 14.8 Å². The highest BCUT2D eigenvalue weighted by Gasteiger charge is 2.25. The second-order valence-corrected chi connectivity index (χ2v) is 8.60. The molecule has 2 N–H and O–H groups in total. The standard InChI is InChI=1S/C20H24N4O2S/c1-2-27(25,26)20-23-22-19(18(21)15-17-11-7-4-8-12-17)24(20)14-13-16-9-5-3-6-10-16/h3-12,18H,2,13-15,21H2,1H3/t18-/m0/s1. The highest BCUT2D eigenvalue weighted by molar-refractivity contribution is 7.91. The van der Waals surface area contributed by atoms with Crippen LogP contribution in [0.15, 0.2) is 65.8 Å². The maximum Gasteiger partial charge on any atom is 0.249 e. The van der Waals surface area contributed by atoms with Crippen LogP contribution in [0.5, 0.6) is 0 Å². The summed E-state index contributed by atoms with van der Waals surface area (Å²) in [6.45, 7) is 2.07. The number of nitrogens with zero attached hydrogens (tertiary/aromatic N) is 3. The highest BCUT2D eigenvalue weighted by atomic mass is 32.2. The van der Waals surface area contributed by atoms with Crippen LogP contribution in [0.1, 0.15) is 29.9 Å². The molecule has 0 aliphatic heterocycles. The molecule has 0 unspecified atom stereocenters. The minimum absolute atomic E-state index is 0.000516. The first-order valence-corrected chi connectivity index (χ1v) is 10.7. The van der Waals surface area contributed by atoms with Crippen molar-refractivity contribution in [2.75, 3.05) is 5.75 Å². The monoisotopic (exact) mass is 384 g/mol. The van der Waals surface area contributed by atoms with Gasteiger partial charge in [-0.25, -0.2) is 8.42 Å². The molecule has 2 aromatic carbocycles. The van der Waals surface area contributed by atoms with Crippen LogP contribution in [0.3, 0.4) is 0 Å². The predicted octanol–water partition coefficient (Wildman–Crippen LogP) is 2.56. The van der Waals surface area contributed by atoms with E-state index in [-0.39, 0.29) is 10.9 Å². The van der Waals surface area contributed by atoms with E-state index in [4.69, 9.17) is 5.73 Å². The molecule has 142 valence electrons. The van der Waals surface area contributed by atoms with E-state index >= 15 is 0 Å². The second-order valence-electron chi connectivity index (χ2n) is 6.43. The number of aryl methyl sites for hydroxylation is 1. The summed E-state index contributed by atoms with van der Waals surface area (Å²) in [5, 5.41) is 8.13. The topological polar surface area (TPSA) is 90.9 Å². The number of hydrogen-bond acceptors (Lipinski definition) is 5. The van der Waals surface area contributed by atoms with Crippen LogP contribution < -0.4 is 5.73 Å². The van der Waals surface area contributed by atoms with Crippen LogP contribution in [-0.4, -0.2) is 28.9 Å². The van der Waals surface area contributed by atoms with E-state index in [1.165, 1.54) is 0 Å². The van der Waals surface area contributed by atoms with Crippen LogP contribution >= 0.6 is 0 Å². The van der Waals surface area contributed by atoms with Crippen molar-refractivity contribution in [3.05, 3.63) is 77.6 Å². The summed E-state index contributed by atoms with van der Waals surface area (Å²) in [5.74, 6) is 0.478. The molecule has 0 amide bonds. The van der Waals surface area contributed by atoms with E-state index in [1.807, 2.05) is 60.7 Å². The number of sulfone groups is 1. The number of hydrogen-bond donors (Lipinski definition) is 1. The van der Waals surface area contributed by atoms with Gasteiger partial charge in [-0.05, 0) is 24.0 Å². The SMILES string of the molecule is CCS(=O)(=O)c1nnc([C@@H](N)Cc2ccccc2)n1CCc1ccccc1. The molecule has 1 atom stereocenters. The average Bonchev–Trinajstić information content (AvgIpc) is 3.13. The summed E-state index contributed by atoms with van der Waals surface area (Å²) in [6, 6.07) is 19.3. The minimum Gasteiger partial charge on any atom is -0.321 e. The van der Waals surface area contributed by atoms with Gasteiger partial charge < -0.3 is 10.3 Å². The fourth-order valence-corrected chi connectivity index (χ4v) is 3.93. The maximum absolute atomic E-state index is 12.5. The lowest BCUT2D eigenvalue weighted by atomic mass is 10.1. The number of aromatic nitrogens is 3. The molecule has 27 heavy (non-hydrogen) atoms. The van der Waals surface area contributed by atoms with Gasteiger partial charge in [0, 0.05) is 6.54 Å². The van der Waals surface area contributed by atoms with Gasteiger partial charge in [0.05, 0.1) is 11.8 Å². The lowest BCUT2D eigenvalue weighted by Gasteiger charge is -2.15. The minimum atomic E-state index is -3.48. The van der Waals surface area contributed by atoms with Gasteiger partial charge in [-0.1, -0.05) is 67.6 Å². The maximum atomic E-state index is 12.5. The van der Waals surface area contributed by atoms with Gasteiger partial charge in [0.25, 0.3) is 0 Å². The van der Waals surface area contributed by atoms with Gasteiger partial charge in [0.2, 0.25) is 15.0 Å².